The molecule has 1 aromatic heterocycles. The molecule has 0 bridgehead atoms. The molecule has 2 heterocycles. The Hall–Kier alpha value is -2.54. The number of anilines is 2. The Labute approximate surface area is 124 Å². The Bertz CT molecular complexity index is 679. The predicted molar refractivity (Wildman–Crippen MR) is 78.2 cm³/mol. The van der Waals surface area contributed by atoms with Gasteiger partial charge in [0.15, 0.2) is 5.13 Å². The first kappa shape index (κ1) is 13.4. The number of nitrogens with zero attached hydrogens (tertiary/aromatic N) is 2. The van der Waals surface area contributed by atoms with Crippen LogP contribution in [0, 0.1) is 0 Å². The van der Waals surface area contributed by atoms with Crippen molar-refractivity contribution in [1.29, 1.82) is 0 Å². The van der Waals surface area contributed by atoms with E-state index in [2.05, 4.69) is 10.3 Å². The highest BCUT2D eigenvalue weighted by molar-refractivity contribution is 7.13. The van der Waals surface area contributed by atoms with Crippen molar-refractivity contribution in [2.45, 2.75) is 12.8 Å². The lowest BCUT2D eigenvalue weighted by Gasteiger charge is -2.13. The van der Waals surface area contributed by atoms with Crippen molar-refractivity contribution in [3.63, 3.8) is 0 Å². The van der Waals surface area contributed by atoms with E-state index in [1.165, 1.54) is 11.3 Å². The van der Waals surface area contributed by atoms with Crippen molar-refractivity contribution in [3.8, 4) is 0 Å². The Kier molecular flexibility index (Phi) is 3.49. The smallest absolute Gasteiger partial charge is 0.257 e. The quantitative estimate of drug-likeness (QED) is 0.880. The van der Waals surface area contributed by atoms with Gasteiger partial charge in [-0.15, -0.1) is 11.3 Å². The van der Waals surface area contributed by atoms with Crippen molar-refractivity contribution >= 4 is 39.9 Å². The lowest BCUT2D eigenvalue weighted by Crippen LogP contribution is -2.28. The third kappa shape index (κ3) is 2.68. The second kappa shape index (κ2) is 5.45. The second-order valence-electron chi connectivity index (χ2n) is 4.46. The Balaban J connectivity index is 1.76. The van der Waals surface area contributed by atoms with Crippen LogP contribution in [0.1, 0.15) is 23.2 Å². The summed E-state index contributed by atoms with van der Waals surface area (Å²) in [5.41, 5.74) is 0.932. The maximum atomic E-state index is 12.0. The summed E-state index contributed by atoms with van der Waals surface area (Å²) in [6, 6.07) is 6.35. The predicted octanol–water partition coefficient (Wildman–Crippen LogP) is 2.05. The van der Waals surface area contributed by atoms with E-state index in [4.69, 9.17) is 0 Å². The molecule has 1 fully saturated rings. The van der Waals surface area contributed by atoms with Gasteiger partial charge in [-0.25, -0.2) is 4.98 Å². The van der Waals surface area contributed by atoms with E-state index in [1.807, 2.05) is 0 Å². The average Bonchev–Trinajstić information content (AvgIpc) is 3.09. The Morgan fingerprint density at radius 1 is 1.14 bits per heavy atom. The fourth-order valence-electron chi connectivity index (χ4n) is 2.08. The standard InChI is InChI=1S/C14H11N3O3S/c18-11-5-6-12(19)17(11)10-3-1-9(2-4-10)13(20)16-14-15-7-8-21-14/h1-4,7-8H,5-6H2,(H,15,16,20). The summed E-state index contributed by atoms with van der Waals surface area (Å²) in [5.74, 6) is -0.699. The molecule has 21 heavy (non-hydrogen) atoms. The van der Waals surface area contributed by atoms with Crippen molar-refractivity contribution in [3.05, 3.63) is 41.4 Å². The lowest BCUT2D eigenvalue weighted by molar-refractivity contribution is -0.121. The topological polar surface area (TPSA) is 79.4 Å². The molecule has 0 spiro atoms. The average molecular weight is 301 g/mol. The first-order valence-electron chi connectivity index (χ1n) is 6.32. The van der Waals surface area contributed by atoms with Crippen molar-refractivity contribution in [1.82, 2.24) is 4.98 Å². The maximum Gasteiger partial charge on any atom is 0.257 e. The molecule has 0 atom stereocenters. The van der Waals surface area contributed by atoms with Crippen LogP contribution < -0.4 is 10.2 Å². The molecule has 1 saturated heterocycles. The molecule has 7 heteroatoms. The minimum Gasteiger partial charge on any atom is -0.298 e. The van der Waals surface area contributed by atoms with Crippen LogP contribution >= 0.6 is 11.3 Å². The van der Waals surface area contributed by atoms with Gasteiger partial charge in [0.25, 0.3) is 5.91 Å². The van der Waals surface area contributed by atoms with Crippen LogP contribution in [0.25, 0.3) is 0 Å². The van der Waals surface area contributed by atoms with Crippen LogP contribution in [-0.4, -0.2) is 22.7 Å². The number of carbonyl (C=O) groups excluding carboxylic acids is 3. The normalized spacial score (nSPS) is 14.6. The number of thiazole rings is 1. The van der Waals surface area contributed by atoms with E-state index < -0.39 is 0 Å². The molecule has 2 aromatic rings. The molecule has 1 aliphatic heterocycles. The number of hydrogen-bond donors (Lipinski definition) is 1. The lowest BCUT2D eigenvalue weighted by atomic mass is 10.2. The van der Waals surface area contributed by atoms with E-state index in [9.17, 15) is 14.4 Å². The van der Waals surface area contributed by atoms with Gasteiger partial charge in [0.2, 0.25) is 11.8 Å². The van der Waals surface area contributed by atoms with Crippen LogP contribution in [0.2, 0.25) is 0 Å². The molecule has 1 N–H and O–H groups in total. The number of carbonyl (C=O) groups is 3. The van der Waals surface area contributed by atoms with E-state index in [-0.39, 0.29) is 30.6 Å². The number of nitrogens with one attached hydrogen (secondary N) is 1. The summed E-state index contributed by atoms with van der Waals surface area (Å²) < 4.78 is 0. The van der Waals surface area contributed by atoms with Gasteiger partial charge in [0.1, 0.15) is 0 Å². The van der Waals surface area contributed by atoms with Gasteiger partial charge in [-0.1, -0.05) is 0 Å². The van der Waals surface area contributed by atoms with E-state index in [0.717, 1.165) is 4.90 Å². The number of rotatable bonds is 3. The number of aromatic nitrogens is 1. The summed E-state index contributed by atoms with van der Waals surface area (Å²) in [7, 11) is 0. The zero-order valence-corrected chi connectivity index (χ0v) is 11.7. The largest absolute Gasteiger partial charge is 0.298 e. The zero-order valence-electron chi connectivity index (χ0n) is 10.9. The van der Waals surface area contributed by atoms with Gasteiger partial charge >= 0.3 is 0 Å². The van der Waals surface area contributed by atoms with Crippen LogP contribution in [0.5, 0.6) is 0 Å². The molecule has 0 radical (unpaired) electrons. The summed E-state index contributed by atoms with van der Waals surface area (Å²) in [6.45, 7) is 0. The highest BCUT2D eigenvalue weighted by Gasteiger charge is 2.30. The molecule has 0 saturated carbocycles. The van der Waals surface area contributed by atoms with Crippen LogP contribution in [0.4, 0.5) is 10.8 Å². The fraction of sp³-hybridized carbons (Fsp3) is 0.143. The van der Waals surface area contributed by atoms with Crippen LogP contribution in [0.3, 0.4) is 0 Å². The minimum atomic E-state index is -0.282. The highest BCUT2D eigenvalue weighted by Crippen LogP contribution is 2.23. The number of benzene rings is 1. The molecular weight excluding hydrogens is 290 g/mol. The van der Waals surface area contributed by atoms with Gasteiger partial charge in [0, 0.05) is 30.0 Å². The molecule has 3 amide bonds. The van der Waals surface area contributed by atoms with Crippen LogP contribution in [0.15, 0.2) is 35.8 Å². The van der Waals surface area contributed by atoms with Crippen molar-refractivity contribution in [2.75, 3.05) is 10.2 Å². The number of amides is 3. The van der Waals surface area contributed by atoms with Gasteiger partial charge in [-0.3, -0.25) is 24.6 Å². The maximum absolute atomic E-state index is 12.0. The van der Waals surface area contributed by atoms with Gasteiger partial charge in [0.05, 0.1) is 5.69 Å². The summed E-state index contributed by atoms with van der Waals surface area (Å²) in [6.07, 6.45) is 2.09. The van der Waals surface area contributed by atoms with Gasteiger partial charge < -0.3 is 0 Å². The van der Waals surface area contributed by atoms with Crippen LogP contribution in [-0.2, 0) is 9.59 Å². The minimum absolute atomic E-state index is 0.208. The molecule has 6 nitrogen and oxygen atoms in total. The van der Waals surface area contributed by atoms with E-state index in [0.29, 0.717) is 16.4 Å². The molecule has 1 aromatic carbocycles. The van der Waals surface area contributed by atoms with Gasteiger partial charge in [-0.05, 0) is 24.3 Å². The first-order chi connectivity index (χ1) is 10.1. The fourth-order valence-corrected chi connectivity index (χ4v) is 2.60. The molecule has 3 rings (SSSR count). The third-order valence-electron chi connectivity index (χ3n) is 3.09. The number of imide groups is 1. The molecule has 0 unspecified atom stereocenters. The molecular formula is C14H11N3O3S. The monoisotopic (exact) mass is 301 g/mol. The second-order valence-corrected chi connectivity index (χ2v) is 5.36. The Morgan fingerprint density at radius 2 is 1.81 bits per heavy atom. The molecule has 0 aliphatic carbocycles. The Morgan fingerprint density at radius 3 is 2.38 bits per heavy atom. The van der Waals surface area contributed by atoms with E-state index in [1.54, 1.807) is 35.8 Å². The molecule has 1 aliphatic rings. The van der Waals surface area contributed by atoms with E-state index >= 15 is 0 Å². The summed E-state index contributed by atoms with van der Waals surface area (Å²) >= 11 is 1.33. The first-order valence-corrected chi connectivity index (χ1v) is 7.20. The summed E-state index contributed by atoms with van der Waals surface area (Å²) in [4.78, 5) is 40.4. The molecule has 106 valence electrons. The van der Waals surface area contributed by atoms with Gasteiger partial charge in [-0.2, -0.15) is 0 Å². The third-order valence-corrected chi connectivity index (χ3v) is 3.78. The summed E-state index contributed by atoms with van der Waals surface area (Å²) in [5, 5.41) is 4.96. The van der Waals surface area contributed by atoms with Crippen molar-refractivity contribution < 1.29 is 14.4 Å². The zero-order chi connectivity index (χ0) is 14.8. The number of hydrogen-bond acceptors (Lipinski definition) is 5. The highest BCUT2D eigenvalue weighted by atomic mass is 32.1. The van der Waals surface area contributed by atoms with Crippen molar-refractivity contribution in [2.24, 2.45) is 0 Å². The SMILES string of the molecule is O=C(Nc1nccs1)c1ccc(N2C(=O)CCC2=O)cc1.